The van der Waals surface area contributed by atoms with Gasteiger partial charge < -0.3 is 5.32 Å². The van der Waals surface area contributed by atoms with Gasteiger partial charge in [-0.05, 0) is 36.2 Å². The molecule has 0 saturated heterocycles. The molecule has 4 nitrogen and oxygen atoms in total. The van der Waals surface area contributed by atoms with Gasteiger partial charge in [0.2, 0.25) is 0 Å². The first kappa shape index (κ1) is 15.9. The minimum Gasteiger partial charge on any atom is -0.306 e. The SMILES string of the molecule is C[C@H](NCc1ccc([N+](=O)[O-])cc1Br)c1ccc(Cl)cc1. The highest BCUT2D eigenvalue weighted by atomic mass is 79.9. The Morgan fingerprint density at radius 2 is 1.95 bits per heavy atom. The molecule has 1 N–H and O–H groups in total. The predicted molar refractivity (Wildman–Crippen MR) is 87.5 cm³/mol. The molecule has 2 aromatic carbocycles. The van der Waals surface area contributed by atoms with Crippen LogP contribution >= 0.6 is 27.5 Å². The molecular weight excluding hydrogens is 356 g/mol. The number of hydrogen-bond donors (Lipinski definition) is 1. The van der Waals surface area contributed by atoms with Crippen LogP contribution < -0.4 is 5.32 Å². The zero-order valence-corrected chi connectivity index (χ0v) is 13.7. The van der Waals surface area contributed by atoms with Crippen molar-refractivity contribution in [2.75, 3.05) is 0 Å². The summed E-state index contributed by atoms with van der Waals surface area (Å²) in [5.41, 5.74) is 2.19. The number of hydrogen-bond acceptors (Lipinski definition) is 3. The number of halogens is 2. The van der Waals surface area contributed by atoms with Gasteiger partial charge in [0.15, 0.2) is 0 Å². The van der Waals surface area contributed by atoms with Crippen LogP contribution in [0.5, 0.6) is 0 Å². The van der Waals surface area contributed by atoms with Crippen molar-refractivity contribution in [3.63, 3.8) is 0 Å². The summed E-state index contributed by atoms with van der Waals surface area (Å²) in [6, 6.07) is 12.6. The van der Waals surface area contributed by atoms with Crippen molar-refractivity contribution >= 4 is 33.2 Å². The molecule has 0 aromatic heterocycles. The topological polar surface area (TPSA) is 55.2 Å². The lowest BCUT2D eigenvalue weighted by molar-refractivity contribution is -0.384. The Morgan fingerprint density at radius 3 is 2.52 bits per heavy atom. The molecule has 0 aliphatic rings. The molecule has 1 atom stereocenters. The Bertz CT molecular complexity index is 647. The number of nitro benzene ring substituents is 1. The van der Waals surface area contributed by atoms with Crippen molar-refractivity contribution in [3.05, 3.63) is 73.2 Å². The van der Waals surface area contributed by atoms with Crippen molar-refractivity contribution in [2.24, 2.45) is 0 Å². The molecule has 2 rings (SSSR count). The van der Waals surface area contributed by atoms with Gasteiger partial charge in [0, 0.05) is 34.2 Å². The Kier molecular flexibility index (Phi) is 5.33. The van der Waals surface area contributed by atoms with Gasteiger partial charge >= 0.3 is 0 Å². The van der Waals surface area contributed by atoms with Crippen LogP contribution in [0.4, 0.5) is 5.69 Å². The largest absolute Gasteiger partial charge is 0.306 e. The Morgan fingerprint density at radius 1 is 1.29 bits per heavy atom. The fourth-order valence-electron chi connectivity index (χ4n) is 1.93. The number of nitrogens with zero attached hydrogens (tertiary/aromatic N) is 1. The molecule has 0 saturated carbocycles. The summed E-state index contributed by atoms with van der Waals surface area (Å²) < 4.78 is 0.729. The molecular formula is C15H14BrClN2O2. The summed E-state index contributed by atoms with van der Waals surface area (Å²) in [7, 11) is 0. The van der Waals surface area contributed by atoms with E-state index in [2.05, 4.69) is 28.2 Å². The van der Waals surface area contributed by atoms with Crippen molar-refractivity contribution in [2.45, 2.75) is 19.5 Å². The van der Waals surface area contributed by atoms with Crippen LogP contribution in [0.2, 0.25) is 5.02 Å². The van der Waals surface area contributed by atoms with Gasteiger partial charge in [0.1, 0.15) is 0 Å². The lowest BCUT2D eigenvalue weighted by Gasteiger charge is -2.15. The Balaban J connectivity index is 2.02. The summed E-state index contributed by atoms with van der Waals surface area (Å²) in [6.07, 6.45) is 0. The van der Waals surface area contributed by atoms with Crippen LogP contribution in [0.25, 0.3) is 0 Å². The lowest BCUT2D eigenvalue weighted by atomic mass is 10.1. The van der Waals surface area contributed by atoms with E-state index < -0.39 is 4.92 Å². The van der Waals surface area contributed by atoms with Crippen molar-refractivity contribution in [1.82, 2.24) is 5.32 Å². The lowest BCUT2D eigenvalue weighted by Crippen LogP contribution is -2.18. The van der Waals surface area contributed by atoms with Crippen LogP contribution in [-0.2, 0) is 6.54 Å². The van der Waals surface area contributed by atoms with E-state index in [1.165, 1.54) is 12.1 Å². The number of nitro groups is 1. The summed E-state index contributed by atoms with van der Waals surface area (Å²) in [6.45, 7) is 2.67. The highest BCUT2D eigenvalue weighted by Gasteiger charge is 2.10. The third-order valence-electron chi connectivity index (χ3n) is 3.22. The summed E-state index contributed by atoms with van der Waals surface area (Å²) in [4.78, 5) is 10.3. The highest BCUT2D eigenvalue weighted by molar-refractivity contribution is 9.10. The molecule has 0 amide bonds. The zero-order valence-electron chi connectivity index (χ0n) is 11.3. The van der Waals surface area contributed by atoms with E-state index >= 15 is 0 Å². The molecule has 21 heavy (non-hydrogen) atoms. The molecule has 0 aliphatic carbocycles. The maximum absolute atomic E-state index is 10.7. The van der Waals surface area contributed by atoms with Gasteiger partial charge in [-0.1, -0.05) is 39.7 Å². The summed E-state index contributed by atoms with van der Waals surface area (Å²) in [5, 5.41) is 14.8. The standard InChI is InChI=1S/C15H14BrClN2O2/c1-10(11-2-5-13(17)6-3-11)18-9-12-4-7-14(19(20)21)8-15(12)16/h2-8,10,18H,9H2,1H3/t10-/m0/s1. The fraction of sp³-hybridized carbons (Fsp3) is 0.200. The van der Waals surface area contributed by atoms with Crippen LogP contribution in [0.3, 0.4) is 0 Å². The van der Waals surface area contributed by atoms with E-state index in [1.54, 1.807) is 6.07 Å². The quantitative estimate of drug-likeness (QED) is 0.605. The molecule has 6 heteroatoms. The van der Waals surface area contributed by atoms with Gasteiger partial charge in [-0.25, -0.2) is 0 Å². The summed E-state index contributed by atoms with van der Waals surface area (Å²) >= 11 is 9.24. The molecule has 0 bridgehead atoms. The van der Waals surface area contributed by atoms with Crippen LogP contribution in [0.15, 0.2) is 46.9 Å². The van der Waals surface area contributed by atoms with E-state index in [9.17, 15) is 10.1 Å². The molecule has 2 aromatic rings. The van der Waals surface area contributed by atoms with Gasteiger partial charge in [0.05, 0.1) is 4.92 Å². The van der Waals surface area contributed by atoms with E-state index in [4.69, 9.17) is 11.6 Å². The molecule has 0 unspecified atom stereocenters. The number of non-ortho nitro benzene ring substituents is 1. The van der Waals surface area contributed by atoms with Crippen LogP contribution in [0, 0.1) is 10.1 Å². The number of rotatable bonds is 5. The molecule has 0 aliphatic heterocycles. The minimum absolute atomic E-state index is 0.0800. The zero-order chi connectivity index (χ0) is 15.4. The first-order chi connectivity index (χ1) is 9.97. The van der Waals surface area contributed by atoms with Crippen LogP contribution in [-0.4, -0.2) is 4.92 Å². The first-order valence-corrected chi connectivity index (χ1v) is 7.56. The van der Waals surface area contributed by atoms with Gasteiger partial charge in [0.25, 0.3) is 5.69 Å². The summed E-state index contributed by atoms with van der Waals surface area (Å²) in [5.74, 6) is 0. The molecule has 0 heterocycles. The fourth-order valence-corrected chi connectivity index (χ4v) is 2.56. The van der Waals surface area contributed by atoms with Crippen molar-refractivity contribution < 1.29 is 4.92 Å². The number of nitrogens with one attached hydrogen (secondary N) is 1. The maximum atomic E-state index is 10.7. The monoisotopic (exact) mass is 368 g/mol. The predicted octanol–water partition coefficient (Wildman–Crippen LogP) is 4.86. The Labute approximate surface area is 136 Å². The third kappa shape index (κ3) is 4.27. The molecule has 0 fully saturated rings. The maximum Gasteiger partial charge on any atom is 0.270 e. The van der Waals surface area contributed by atoms with Crippen molar-refractivity contribution in [3.8, 4) is 0 Å². The minimum atomic E-state index is -0.404. The van der Waals surface area contributed by atoms with Crippen molar-refractivity contribution in [1.29, 1.82) is 0 Å². The Hall–Kier alpha value is -1.43. The normalized spacial score (nSPS) is 12.1. The van der Waals surface area contributed by atoms with Crippen LogP contribution in [0.1, 0.15) is 24.1 Å². The molecule has 110 valence electrons. The number of benzene rings is 2. The second-order valence-corrected chi connectivity index (χ2v) is 5.98. The second kappa shape index (κ2) is 7.02. The van der Waals surface area contributed by atoms with E-state index in [0.717, 1.165) is 15.6 Å². The van der Waals surface area contributed by atoms with E-state index in [-0.39, 0.29) is 11.7 Å². The third-order valence-corrected chi connectivity index (χ3v) is 4.21. The highest BCUT2D eigenvalue weighted by Crippen LogP contribution is 2.24. The van der Waals surface area contributed by atoms with Gasteiger partial charge in [-0.2, -0.15) is 0 Å². The average molecular weight is 370 g/mol. The van der Waals surface area contributed by atoms with Gasteiger partial charge in [-0.3, -0.25) is 10.1 Å². The molecule has 0 spiro atoms. The second-order valence-electron chi connectivity index (χ2n) is 4.69. The van der Waals surface area contributed by atoms with Gasteiger partial charge in [-0.15, -0.1) is 0 Å². The van der Waals surface area contributed by atoms with E-state index in [0.29, 0.717) is 11.6 Å². The average Bonchev–Trinajstić information content (AvgIpc) is 2.46. The first-order valence-electron chi connectivity index (χ1n) is 6.39. The smallest absolute Gasteiger partial charge is 0.270 e. The van der Waals surface area contributed by atoms with E-state index in [1.807, 2.05) is 24.3 Å². The molecule has 0 radical (unpaired) electrons.